The van der Waals surface area contributed by atoms with Crippen LogP contribution in [-0.4, -0.2) is 85.3 Å². The molecule has 0 bridgehead atoms. The number of nitrogens with one attached hydrogen (secondary N) is 1. The van der Waals surface area contributed by atoms with Crippen molar-refractivity contribution in [2.75, 3.05) is 46.8 Å². The Hall–Kier alpha value is -1.06. The number of hydrogen-bond acceptors (Lipinski definition) is 3. The minimum absolute atomic E-state index is 0. The number of hydrogen-bond donors (Lipinski definition) is 1. The van der Waals surface area contributed by atoms with Crippen molar-refractivity contribution in [3.05, 3.63) is 0 Å². The summed E-state index contributed by atoms with van der Waals surface area (Å²) in [5.41, 5.74) is 0. The molecule has 2 saturated heterocycles. The first-order chi connectivity index (χ1) is 10.9. The van der Waals surface area contributed by atoms with Gasteiger partial charge in [0.25, 0.3) is 0 Å². The van der Waals surface area contributed by atoms with Gasteiger partial charge in [-0.1, -0.05) is 13.8 Å². The van der Waals surface area contributed by atoms with Gasteiger partial charge in [-0.2, -0.15) is 0 Å². The fraction of sp³-hybridized carbons (Fsp3) is 0.812. The molecule has 0 aliphatic carbocycles. The third-order valence-corrected chi connectivity index (χ3v) is 4.33. The molecule has 0 radical (unpaired) electrons. The highest BCUT2D eigenvalue weighted by Gasteiger charge is 2.36. The third kappa shape index (κ3) is 5.49. The van der Waals surface area contributed by atoms with E-state index in [1.54, 1.807) is 19.0 Å². The summed E-state index contributed by atoms with van der Waals surface area (Å²) in [6.07, 6.45) is 1.58. The Morgan fingerprint density at radius 3 is 2.71 bits per heavy atom. The maximum atomic E-state index is 11.8. The van der Waals surface area contributed by atoms with Crippen LogP contribution in [0.1, 0.15) is 26.7 Å². The van der Waals surface area contributed by atoms with E-state index in [1.807, 2.05) is 4.90 Å². The number of halogens is 1. The molecular formula is C16H30IN5O2. The van der Waals surface area contributed by atoms with Gasteiger partial charge in [0, 0.05) is 52.7 Å². The van der Waals surface area contributed by atoms with Gasteiger partial charge in [-0.15, -0.1) is 24.0 Å². The summed E-state index contributed by atoms with van der Waals surface area (Å²) >= 11 is 0. The van der Waals surface area contributed by atoms with Crippen molar-refractivity contribution >= 4 is 41.8 Å². The second-order valence-corrected chi connectivity index (χ2v) is 6.93. The van der Waals surface area contributed by atoms with Crippen LogP contribution in [-0.2, 0) is 9.59 Å². The highest BCUT2D eigenvalue weighted by molar-refractivity contribution is 14.0. The average Bonchev–Trinajstić information content (AvgIpc) is 2.87. The predicted octanol–water partition coefficient (Wildman–Crippen LogP) is 0.601. The number of rotatable bonds is 4. The topological polar surface area (TPSA) is 68.2 Å². The molecule has 0 saturated carbocycles. The summed E-state index contributed by atoms with van der Waals surface area (Å²) in [7, 11) is 3.48. The van der Waals surface area contributed by atoms with Gasteiger partial charge >= 0.3 is 0 Å². The molecule has 0 aromatic rings. The summed E-state index contributed by atoms with van der Waals surface area (Å²) in [6.45, 7) is 7.56. The standard InChI is InChI=1S/C16H29N5O2.HI/c1-12(2)9-17-16(18-10-15(23)19(3)4)20-7-8-21-13(11-20)5-6-14(21)22;/h12-13H,5-11H2,1-4H3,(H,17,18);1H. The molecule has 2 aliphatic heterocycles. The fourth-order valence-corrected chi connectivity index (χ4v) is 2.90. The van der Waals surface area contributed by atoms with E-state index in [1.165, 1.54) is 0 Å². The summed E-state index contributed by atoms with van der Waals surface area (Å²) in [4.78, 5) is 33.9. The van der Waals surface area contributed by atoms with Gasteiger partial charge in [0.2, 0.25) is 11.8 Å². The number of likely N-dealkylation sites (N-methyl/N-ethyl adjacent to an activating group) is 1. The first-order valence-electron chi connectivity index (χ1n) is 8.41. The van der Waals surface area contributed by atoms with Crippen molar-refractivity contribution in [3.8, 4) is 0 Å². The van der Waals surface area contributed by atoms with Gasteiger partial charge in [-0.3, -0.25) is 9.59 Å². The highest BCUT2D eigenvalue weighted by Crippen LogP contribution is 2.22. The molecule has 0 spiro atoms. The maximum Gasteiger partial charge on any atom is 0.243 e. The van der Waals surface area contributed by atoms with Crippen LogP contribution >= 0.6 is 24.0 Å². The second kappa shape index (κ2) is 9.43. The number of piperazine rings is 1. The lowest BCUT2D eigenvalue weighted by Gasteiger charge is -2.39. The molecule has 8 heteroatoms. The Labute approximate surface area is 161 Å². The molecule has 24 heavy (non-hydrogen) atoms. The quantitative estimate of drug-likeness (QED) is 0.386. The number of carbonyl (C=O) groups excluding carboxylic acids is 2. The normalized spacial score (nSPS) is 20.8. The van der Waals surface area contributed by atoms with E-state index in [0.29, 0.717) is 12.3 Å². The van der Waals surface area contributed by atoms with Crippen LogP contribution in [0.5, 0.6) is 0 Å². The average molecular weight is 451 g/mol. The zero-order chi connectivity index (χ0) is 17.0. The van der Waals surface area contributed by atoms with Gasteiger partial charge in [-0.25, -0.2) is 4.99 Å². The van der Waals surface area contributed by atoms with Crippen LogP contribution in [0, 0.1) is 5.92 Å². The van der Waals surface area contributed by atoms with E-state index in [2.05, 4.69) is 29.1 Å². The van der Waals surface area contributed by atoms with Gasteiger partial charge in [-0.05, 0) is 12.3 Å². The van der Waals surface area contributed by atoms with E-state index in [-0.39, 0.29) is 48.4 Å². The van der Waals surface area contributed by atoms with Crippen LogP contribution < -0.4 is 5.32 Å². The van der Waals surface area contributed by atoms with Crippen molar-refractivity contribution in [3.63, 3.8) is 0 Å². The van der Waals surface area contributed by atoms with E-state index in [9.17, 15) is 9.59 Å². The number of carbonyl (C=O) groups is 2. The molecule has 138 valence electrons. The number of amides is 2. The number of fused-ring (bicyclic) bond motifs is 1. The number of aliphatic imine (C=N–C) groups is 1. The Bertz CT molecular complexity index is 481. The molecule has 2 aliphatic rings. The van der Waals surface area contributed by atoms with Gasteiger partial charge < -0.3 is 20.0 Å². The maximum absolute atomic E-state index is 11.8. The molecular weight excluding hydrogens is 421 g/mol. The largest absolute Gasteiger partial charge is 0.356 e. The Morgan fingerprint density at radius 2 is 2.08 bits per heavy atom. The molecule has 0 aromatic heterocycles. The van der Waals surface area contributed by atoms with Crippen LogP contribution in [0.3, 0.4) is 0 Å². The predicted molar refractivity (Wildman–Crippen MR) is 106 cm³/mol. The Balaban J connectivity index is 0.00000288. The summed E-state index contributed by atoms with van der Waals surface area (Å²) < 4.78 is 0. The minimum Gasteiger partial charge on any atom is -0.356 e. The number of guanidine groups is 1. The van der Waals surface area contributed by atoms with Crippen molar-refractivity contribution in [2.24, 2.45) is 10.9 Å². The monoisotopic (exact) mass is 451 g/mol. The highest BCUT2D eigenvalue weighted by atomic mass is 127. The fourth-order valence-electron chi connectivity index (χ4n) is 2.90. The van der Waals surface area contributed by atoms with Crippen molar-refractivity contribution in [2.45, 2.75) is 32.7 Å². The van der Waals surface area contributed by atoms with Gasteiger partial charge in [0.1, 0.15) is 6.54 Å². The van der Waals surface area contributed by atoms with E-state index >= 15 is 0 Å². The molecule has 2 heterocycles. The van der Waals surface area contributed by atoms with Gasteiger partial charge in [0.05, 0.1) is 0 Å². The smallest absolute Gasteiger partial charge is 0.243 e. The molecule has 1 atom stereocenters. The molecule has 7 nitrogen and oxygen atoms in total. The van der Waals surface area contributed by atoms with Gasteiger partial charge in [0.15, 0.2) is 5.96 Å². The Kier molecular flexibility index (Phi) is 8.24. The van der Waals surface area contributed by atoms with Crippen molar-refractivity contribution in [1.82, 2.24) is 20.0 Å². The molecule has 2 rings (SSSR count). The van der Waals surface area contributed by atoms with Crippen molar-refractivity contribution in [1.29, 1.82) is 0 Å². The first kappa shape index (κ1) is 21.0. The SMILES string of the molecule is CC(C)CNC(=NCC(=O)N(C)C)N1CCN2C(=O)CCC2C1.I. The third-order valence-electron chi connectivity index (χ3n) is 4.33. The zero-order valence-corrected chi connectivity index (χ0v) is 17.4. The summed E-state index contributed by atoms with van der Waals surface area (Å²) in [5, 5.41) is 3.38. The summed E-state index contributed by atoms with van der Waals surface area (Å²) in [6, 6.07) is 0.284. The van der Waals surface area contributed by atoms with Crippen LogP contribution in [0.2, 0.25) is 0 Å². The van der Waals surface area contributed by atoms with Crippen LogP contribution in [0.15, 0.2) is 4.99 Å². The molecule has 2 amide bonds. The molecule has 0 aromatic carbocycles. The van der Waals surface area contributed by atoms with Crippen molar-refractivity contribution < 1.29 is 9.59 Å². The molecule has 1 unspecified atom stereocenters. The van der Waals surface area contributed by atoms with Crippen LogP contribution in [0.4, 0.5) is 0 Å². The lowest BCUT2D eigenvalue weighted by atomic mass is 10.1. The van der Waals surface area contributed by atoms with E-state index < -0.39 is 0 Å². The van der Waals surface area contributed by atoms with E-state index in [4.69, 9.17) is 0 Å². The summed E-state index contributed by atoms with van der Waals surface area (Å²) in [5.74, 6) is 1.54. The Morgan fingerprint density at radius 1 is 1.38 bits per heavy atom. The lowest BCUT2D eigenvalue weighted by molar-refractivity contribution is -0.130. The zero-order valence-electron chi connectivity index (χ0n) is 15.1. The van der Waals surface area contributed by atoms with E-state index in [0.717, 1.165) is 38.6 Å². The lowest BCUT2D eigenvalue weighted by Crippen LogP contribution is -2.56. The molecule has 2 fully saturated rings. The first-order valence-corrected chi connectivity index (χ1v) is 8.41. The van der Waals surface area contributed by atoms with Crippen LogP contribution in [0.25, 0.3) is 0 Å². The minimum atomic E-state index is -0.0106. The molecule has 1 N–H and O–H groups in total. The number of nitrogens with zero attached hydrogens (tertiary/aromatic N) is 4. The second-order valence-electron chi connectivity index (χ2n) is 6.93.